The quantitative estimate of drug-likeness (QED) is 0.421. The third kappa shape index (κ3) is 5.42. The van der Waals surface area contributed by atoms with Gasteiger partial charge in [-0.15, -0.1) is 0 Å². The topological polar surface area (TPSA) is 44.8 Å². The first kappa shape index (κ1) is 18.6. The van der Waals surface area contributed by atoms with Crippen LogP contribution in [0.25, 0.3) is 0 Å². The SMILES string of the molecule is COc1cc(C=O)ccc1OCCCCOc1ccc(Cl)cc1Br. The molecule has 0 aliphatic heterocycles. The molecule has 0 fully saturated rings. The number of carbonyl (C=O) groups excluding carboxylic acids is 1. The van der Waals surface area contributed by atoms with E-state index in [2.05, 4.69) is 15.9 Å². The molecule has 0 radical (unpaired) electrons. The molecule has 0 atom stereocenters. The largest absolute Gasteiger partial charge is 0.493 e. The van der Waals surface area contributed by atoms with Crippen LogP contribution in [0.2, 0.25) is 5.02 Å². The van der Waals surface area contributed by atoms with Crippen LogP contribution in [-0.4, -0.2) is 26.6 Å². The highest BCUT2D eigenvalue weighted by Gasteiger charge is 2.06. The van der Waals surface area contributed by atoms with Gasteiger partial charge in [0.05, 0.1) is 24.8 Å². The van der Waals surface area contributed by atoms with Crippen molar-refractivity contribution in [3.05, 3.63) is 51.5 Å². The summed E-state index contributed by atoms with van der Waals surface area (Å²) in [4.78, 5) is 10.8. The van der Waals surface area contributed by atoms with Crippen molar-refractivity contribution in [1.29, 1.82) is 0 Å². The second-order valence-electron chi connectivity index (χ2n) is 5.01. The lowest BCUT2D eigenvalue weighted by atomic mass is 10.2. The Morgan fingerprint density at radius 1 is 1.00 bits per heavy atom. The number of halogens is 2. The van der Waals surface area contributed by atoms with Crippen LogP contribution >= 0.6 is 27.5 Å². The van der Waals surface area contributed by atoms with Crippen LogP contribution in [0, 0.1) is 0 Å². The van der Waals surface area contributed by atoms with Crippen LogP contribution < -0.4 is 14.2 Å². The van der Waals surface area contributed by atoms with Gasteiger partial charge in [-0.2, -0.15) is 0 Å². The molecule has 0 aromatic heterocycles. The normalized spacial score (nSPS) is 10.3. The molecule has 0 N–H and O–H groups in total. The van der Waals surface area contributed by atoms with Crippen molar-refractivity contribution in [2.45, 2.75) is 12.8 Å². The Bertz CT molecular complexity index is 691. The number of benzene rings is 2. The van der Waals surface area contributed by atoms with E-state index >= 15 is 0 Å². The first-order chi connectivity index (χ1) is 11.6. The Balaban J connectivity index is 1.72. The summed E-state index contributed by atoms with van der Waals surface area (Å²) in [6, 6.07) is 10.5. The maximum absolute atomic E-state index is 10.8. The molecule has 0 saturated heterocycles. The maximum atomic E-state index is 10.8. The highest BCUT2D eigenvalue weighted by Crippen LogP contribution is 2.29. The molecule has 0 saturated carbocycles. The van der Waals surface area contributed by atoms with Crippen molar-refractivity contribution < 1.29 is 19.0 Å². The summed E-state index contributed by atoms with van der Waals surface area (Å²) in [5.41, 5.74) is 0.557. The molecule has 2 aromatic rings. The van der Waals surface area contributed by atoms with E-state index in [-0.39, 0.29) is 0 Å². The molecule has 0 amide bonds. The van der Waals surface area contributed by atoms with Gasteiger partial charge < -0.3 is 14.2 Å². The Hall–Kier alpha value is -1.72. The standard InChI is InChI=1S/C18H18BrClO4/c1-22-18-10-13(12-21)4-6-17(18)24-9-3-2-8-23-16-7-5-14(20)11-15(16)19/h4-7,10-12H,2-3,8-9H2,1H3. The van der Waals surface area contributed by atoms with Crippen LogP contribution in [0.15, 0.2) is 40.9 Å². The van der Waals surface area contributed by atoms with Crippen molar-refractivity contribution in [2.24, 2.45) is 0 Å². The van der Waals surface area contributed by atoms with Crippen molar-refractivity contribution in [2.75, 3.05) is 20.3 Å². The first-order valence-electron chi connectivity index (χ1n) is 7.48. The minimum absolute atomic E-state index is 0.544. The predicted molar refractivity (Wildman–Crippen MR) is 97.8 cm³/mol. The van der Waals surface area contributed by atoms with Crippen LogP contribution in [0.5, 0.6) is 17.2 Å². The van der Waals surface area contributed by atoms with E-state index in [0.717, 1.165) is 29.4 Å². The van der Waals surface area contributed by atoms with E-state index in [1.165, 1.54) is 0 Å². The molecule has 6 heteroatoms. The number of methoxy groups -OCH3 is 1. The van der Waals surface area contributed by atoms with Crippen LogP contribution in [0.4, 0.5) is 0 Å². The average molecular weight is 414 g/mol. The van der Waals surface area contributed by atoms with E-state index in [1.807, 2.05) is 6.07 Å². The second kappa shape index (κ2) is 9.55. The number of ether oxygens (including phenoxy) is 3. The van der Waals surface area contributed by atoms with E-state index in [9.17, 15) is 4.79 Å². The van der Waals surface area contributed by atoms with E-state index in [1.54, 1.807) is 37.4 Å². The maximum Gasteiger partial charge on any atom is 0.161 e. The van der Waals surface area contributed by atoms with Gasteiger partial charge in [0, 0.05) is 10.6 Å². The van der Waals surface area contributed by atoms with Gasteiger partial charge >= 0.3 is 0 Å². The summed E-state index contributed by atoms with van der Waals surface area (Å²) < 4.78 is 17.5. The highest BCUT2D eigenvalue weighted by atomic mass is 79.9. The monoisotopic (exact) mass is 412 g/mol. The number of hydrogen-bond donors (Lipinski definition) is 0. The van der Waals surface area contributed by atoms with Crippen LogP contribution in [-0.2, 0) is 0 Å². The summed E-state index contributed by atoms with van der Waals surface area (Å²) in [7, 11) is 1.55. The minimum Gasteiger partial charge on any atom is -0.493 e. The molecular weight excluding hydrogens is 396 g/mol. The van der Waals surface area contributed by atoms with Gasteiger partial charge in [0.15, 0.2) is 11.5 Å². The molecule has 0 bridgehead atoms. The molecule has 2 aromatic carbocycles. The predicted octanol–water partition coefficient (Wildman–Crippen LogP) is 5.16. The molecular formula is C18H18BrClO4. The summed E-state index contributed by atoms with van der Waals surface area (Å²) >= 11 is 9.31. The Morgan fingerprint density at radius 2 is 1.67 bits per heavy atom. The van der Waals surface area contributed by atoms with E-state index in [4.69, 9.17) is 25.8 Å². The lowest BCUT2D eigenvalue weighted by molar-refractivity contribution is 0.112. The fourth-order valence-electron chi connectivity index (χ4n) is 2.04. The lowest BCUT2D eigenvalue weighted by Crippen LogP contribution is -2.03. The van der Waals surface area contributed by atoms with Gasteiger partial charge in [0.25, 0.3) is 0 Å². The Morgan fingerprint density at radius 3 is 2.29 bits per heavy atom. The first-order valence-corrected chi connectivity index (χ1v) is 8.65. The Kier molecular flexibility index (Phi) is 7.40. The minimum atomic E-state index is 0.544. The highest BCUT2D eigenvalue weighted by molar-refractivity contribution is 9.10. The van der Waals surface area contributed by atoms with Gasteiger partial charge in [-0.3, -0.25) is 4.79 Å². The average Bonchev–Trinajstić information content (AvgIpc) is 2.59. The molecule has 0 aliphatic carbocycles. The fourth-order valence-corrected chi connectivity index (χ4v) is 2.83. The molecule has 128 valence electrons. The van der Waals surface area contributed by atoms with Gasteiger partial charge in [0.1, 0.15) is 12.0 Å². The van der Waals surface area contributed by atoms with Crippen LogP contribution in [0.3, 0.4) is 0 Å². The molecule has 0 aliphatic rings. The number of rotatable bonds is 9. The number of unbranched alkanes of at least 4 members (excludes halogenated alkanes) is 1. The number of hydrogen-bond acceptors (Lipinski definition) is 4. The summed E-state index contributed by atoms with van der Waals surface area (Å²) in [6.07, 6.45) is 2.46. The molecule has 0 unspecified atom stereocenters. The molecule has 0 heterocycles. The summed E-state index contributed by atoms with van der Waals surface area (Å²) in [5, 5.41) is 0.664. The third-order valence-corrected chi connectivity index (χ3v) is 4.13. The van der Waals surface area contributed by atoms with Crippen molar-refractivity contribution >= 4 is 33.8 Å². The zero-order valence-corrected chi connectivity index (χ0v) is 15.6. The van der Waals surface area contributed by atoms with Gasteiger partial charge in [0.2, 0.25) is 0 Å². The van der Waals surface area contributed by atoms with Gasteiger partial charge in [-0.05, 0) is 65.2 Å². The van der Waals surface area contributed by atoms with Crippen LogP contribution in [0.1, 0.15) is 23.2 Å². The molecule has 0 spiro atoms. The zero-order valence-electron chi connectivity index (χ0n) is 13.3. The molecule has 24 heavy (non-hydrogen) atoms. The Labute approximate surface area is 154 Å². The zero-order chi connectivity index (χ0) is 17.4. The second-order valence-corrected chi connectivity index (χ2v) is 6.30. The van der Waals surface area contributed by atoms with E-state index < -0.39 is 0 Å². The number of carbonyl (C=O) groups is 1. The van der Waals surface area contributed by atoms with Crippen molar-refractivity contribution in [3.8, 4) is 17.2 Å². The summed E-state index contributed by atoms with van der Waals surface area (Å²) in [5.74, 6) is 1.96. The number of aldehydes is 1. The van der Waals surface area contributed by atoms with Gasteiger partial charge in [-0.25, -0.2) is 0 Å². The molecule has 4 nitrogen and oxygen atoms in total. The third-order valence-electron chi connectivity index (χ3n) is 3.27. The van der Waals surface area contributed by atoms with Crippen molar-refractivity contribution in [1.82, 2.24) is 0 Å². The van der Waals surface area contributed by atoms with Gasteiger partial charge in [-0.1, -0.05) is 11.6 Å². The fraction of sp³-hybridized carbons (Fsp3) is 0.278. The van der Waals surface area contributed by atoms with Crippen molar-refractivity contribution in [3.63, 3.8) is 0 Å². The van der Waals surface area contributed by atoms with E-state index in [0.29, 0.717) is 35.3 Å². The smallest absolute Gasteiger partial charge is 0.161 e. The summed E-state index contributed by atoms with van der Waals surface area (Å²) in [6.45, 7) is 1.13. The molecule has 2 rings (SSSR count). The lowest BCUT2D eigenvalue weighted by Gasteiger charge is -2.11.